The van der Waals surface area contributed by atoms with Crippen LogP contribution in [0.25, 0.3) is 0 Å². The maximum atomic E-state index is 13.0. The number of benzene rings is 3. The van der Waals surface area contributed by atoms with Gasteiger partial charge in [0.25, 0.3) is 0 Å². The van der Waals surface area contributed by atoms with Gasteiger partial charge in [0.15, 0.2) is 12.4 Å². The summed E-state index contributed by atoms with van der Waals surface area (Å²) in [6.07, 6.45) is -13.9. The van der Waals surface area contributed by atoms with E-state index in [4.69, 9.17) is 28.4 Å². The zero-order valence-corrected chi connectivity index (χ0v) is 28.9. The van der Waals surface area contributed by atoms with Crippen molar-refractivity contribution in [3.63, 3.8) is 0 Å². The molecule has 0 bridgehead atoms. The highest BCUT2D eigenvalue weighted by Gasteiger charge is 2.54. The molecule has 2 aliphatic heterocycles. The zero-order valence-electron chi connectivity index (χ0n) is 28.9. The lowest BCUT2D eigenvalue weighted by Crippen LogP contribution is -2.69. The number of hydrogen-bond acceptors (Lipinski definition) is 13. The van der Waals surface area contributed by atoms with Crippen molar-refractivity contribution in [1.82, 2.24) is 21.3 Å². The first kappa shape index (κ1) is 38.3. The summed E-state index contributed by atoms with van der Waals surface area (Å²) in [4.78, 5) is 50.7. The third-order valence-corrected chi connectivity index (χ3v) is 9.19. The highest BCUT2D eigenvalue weighted by molar-refractivity contribution is 5.71. The van der Waals surface area contributed by atoms with Crippen molar-refractivity contribution in [3.8, 4) is 0 Å². The van der Waals surface area contributed by atoms with Gasteiger partial charge in [0.1, 0.15) is 56.4 Å². The summed E-state index contributed by atoms with van der Waals surface area (Å²) in [5.41, 5.74) is 2.14. The molecule has 3 fully saturated rings. The third kappa shape index (κ3) is 9.94. The number of carbonyl (C=O) groups is 4. The van der Waals surface area contributed by atoms with Gasteiger partial charge in [-0.3, -0.25) is 0 Å². The molecule has 17 heteroatoms. The highest BCUT2D eigenvalue weighted by Crippen LogP contribution is 2.32. The van der Waals surface area contributed by atoms with Gasteiger partial charge >= 0.3 is 24.4 Å². The molecule has 2 saturated heterocycles. The average molecular weight is 751 g/mol. The van der Waals surface area contributed by atoms with Crippen LogP contribution in [0.3, 0.4) is 0 Å². The monoisotopic (exact) mass is 750 g/mol. The molecule has 288 valence electrons. The summed E-state index contributed by atoms with van der Waals surface area (Å²) >= 11 is 0. The van der Waals surface area contributed by atoms with Crippen LogP contribution in [0.2, 0.25) is 0 Å². The average Bonchev–Trinajstić information content (AvgIpc) is 3.57. The Balaban J connectivity index is 1.18. The minimum absolute atomic E-state index is 0.0198. The first-order valence-electron chi connectivity index (χ1n) is 17.4. The Kier molecular flexibility index (Phi) is 12.8. The summed E-state index contributed by atoms with van der Waals surface area (Å²) in [6.45, 7) is -0.587. The van der Waals surface area contributed by atoms with Gasteiger partial charge in [-0.2, -0.15) is 0 Å². The first-order valence-corrected chi connectivity index (χ1v) is 17.4. The molecule has 1 aliphatic carbocycles. The summed E-state index contributed by atoms with van der Waals surface area (Å²) in [7, 11) is 0. The van der Waals surface area contributed by atoms with E-state index in [1.54, 1.807) is 78.9 Å². The van der Waals surface area contributed by atoms with Crippen LogP contribution in [0.1, 0.15) is 23.1 Å². The molecule has 4 amide bonds. The van der Waals surface area contributed by atoms with E-state index in [0.29, 0.717) is 5.56 Å². The Labute approximate surface area is 309 Å². The molecule has 7 N–H and O–H groups in total. The van der Waals surface area contributed by atoms with E-state index in [1.807, 2.05) is 12.1 Å². The number of rotatable bonds is 12. The number of ether oxygens (including phenoxy) is 6. The van der Waals surface area contributed by atoms with E-state index in [0.717, 1.165) is 11.1 Å². The van der Waals surface area contributed by atoms with Crippen molar-refractivity contribution < 1.29 is 62.9 Å². The molecular weight excluding hydrogens is 708 g/mol. The number of fused-ring (bicyclic) bond motifs is 1. The molecule has 1 saturated carbocycles. The lowest BCUT2D eigenvalue weighted by molar-refractivity contribution is -0.291. The topological polar surface area (TPSA) is 232 Å². The van der Waals surface area contributed by atoms with E-state index < -0.39 is 85.4 Å². The molecule has 0 spiro atoms. The number of aliphatic hydroxyl groups is 3. The number of nitrogens with one attached hydrogen (secondary N) is 4. The molecular formula is C37H42N4O13. The first-order chi connectivity index (χ1) is 26.1. The summed E-state index contributed by atoms with van der Waals surface area (Å²) in [6, 6.07) is 23.4. The largest absolute Gasteiger partial charge is 0.445 e. The summed E-state index contributed by atoms with van der Waals surface area (Å²) < 4.78 is 33.6. The second-order valence-corrected chi connectivity index (χ2v) is 13.0. The van der Waals surface area contributed by atoms with Gasteiger partial charge in [-0.05, 0) is 23.1 Å². The Hall–Kier alpha value is -5.46. The van der Waals surface area contributed by atoms with E-state index >= 15 is 0 Å². The summed E-state index contributed by atoms with van der Waals surface area (Å²) in [5, 5.41) is 44.2. The van der Waals surface area contributed by atoms with E-state index in [2.05, 4.69) is 21.3 Å². The zero-order chi connectivity index (χ0) is 38.0. The molecule has 0 radical (unpaired) electrons. The molecule has 17 nitrogen and oxygen atoms in total. The Morgan fingerprint density at radius 1 is 0.704 bits per heavy atom. The number of carbonyl (C=O) groups excluding carboxylic acids is 4. The van der Waals surface area contributed by atoms with Crippen molar-refractivity contribution in [1.29, 1.82) is 0 Å². The van der Waals surface area contributed by atoms with Gasteiger partial charge in [0, 0.05) is 6.54 Å². The van der Waals surface area contributed by atoms with E-state index in [1.165, 1.54) is 0 Å². The van der Waals surface area contributed by atoms with Gasteiger partial charge in [-0.25, -0.2) is 19.2 Å². The maximum Gasteiger partial charge on any atom is 0.407 e. The molecule has 10 atom stereocenters. The number of amides is 4. The predicted octanol–water partition coefficient (Wildman–Crippen LogP) is 1.58. The highest BCUT2D eigenvalue weighted by atomic mass is 16.7. The molecule has 3 aromatic carbocycles. The number of aliphatic hydroxyl groups excluding tert-OH is 3. The lowest BCUT2D eigenvalue weighted by atomic mass is 9.84. The molecule has 54 heavy (non-hydrogen) atoms. The van der Waals surface area contributed by atoms with Crippen LogP contribution >= 0.6 is 0 Å². The molecule has 3 aliphatic rings. The molecule has 3 aromatic rings. The van der Waals surface area contributed by atoms with Gasteiger partial charge in [-0.15, -0.1) is 0 Å². The maximum absolute atomic E-state index is 13.0. The SMILES string of the molecule is O=C(NC[C@H]1O[C@H](O[C@@H]2[C@@H](O)[C@@H]3OC(=O)N[C@H]3C[C@H]2NC(=O)OCc2ccccc2)[C@H](NC(=O)OCc2ccccc2)[C@@H](O)[C@@H]1O)OCc1ccccc1. The van der Waals surface area contributed by atoms with Crippen LogP contribution in [0, 0.1) is 0 Å². The smallest absolute Gasteiger partial charge is 0.407 e. The Morgan fingerprint density at radius 2 is 1.22 bits per heavy atom. The minimum atomic E-state index is -1.76. The van der Waals surface area contributed by atoms with Crippen molar-refractivity contribution in [3.05, 3.63) is 108 Å². The van der Waals surface area contributed by atoms with Gasteiger partial charge < -0.3 is 65.0 Å². The lowest BCUT2D eigenvalue weighted by Gasteiger charge is -2.46. The second kappa shape index (κ2) is 18.0. The quantitative estimate of drug-likeness (QED) is 0.131. The van der Waals surface area contributed by atoms with Crippen molar-refractivity contribution in [2.45, 2.75) is 87.3 Å². The third-order valence-electron chi connectivity index (χ3n) is 9.19. The second-order valence-electron chi connectivity index (χ2n) is 13.0. The van der Waals surface area contributed by atoms with Crippen molar-refractivity contribution in [2.75, 3.05) is 6.54 Å². The van der Waals surface area contributed by atoms with Crippen molar-refractivity contribution in [2.24, 2.45) is 0 Å². The fourth-order valence-electron chi connectivity index (χ4n) is 6.42. The summed E-state index contributed by atoms with van der Waals surface area (Å²) in [5.74, 6) is 0. The fourth-order valence-corrected chi connectivity index (χ4v) is 6.42. The number of hydrogen-bond donors (Lipinski definition) is 7. The van der Waals surface area contributed by atoms with E-state index in [-0.39, 0.29) is 32.8 Å². The van der Waals surface area contributed by atoms with E-state index in [9.17, 15) is 34.5 Å². The van der Waals surface area contributed by atoms with Crippen LogP contribution in [-0.4, -0.2) is 107 Å². The van der Waals surface area contributed by atoms with Crippen LogP contribution in [0.5, 0.6) is 0 Å². The Morgan fingerprint density at radius 3 is 1.78 bits per heavy atom. The van der Waals surface area contributed by atoms with Crippen LogP contribution < -0.4 is 21.3 Å². The molecule has 0 aromatic heterocycles. The van der Waals surface area contributed by atoms with Crippen LogP contribution in [0.15, 0.2) is 91.0 Å². The standard InChI is InChI=1S/C37H42N4O13/c42-28-26(17-38-34(45)49-18-21-10-4-1-5-11-21)52-33(27(29(28)43)41-36(47)51-20-23-14-8-3-9-15-23)53-31-24(16-25-32(30(31)44)54-37(48)40-25)39-35(46)50-19-22-12-6-2-7-13-22/h1-15,24-33,42-44H,16-20H2,(H,38,45)(H,39,46)(H,40,48)(H,41,47)/t24-,25+,26-,27-,28-,29-,30-,31+,32-,33-/m1/s1. The normalized spacial score (nSPS) is 28.7. The van der Waals surface area contributed by atoms with Gasteiger partial charge in [0.05, 0.1) is 12.1 Å². The van der Waals surface area contributed by atoms with Gasteiger partial charge in [0.2, 0.25) is 0 Å². The predicted molar refractivity (Wildman–Crippen MR) is 185 cm³/mol. The fraction of sp³-hybridized carbons (Fsp3) is 0.405. The minimum Gasteiger partial charge on any atom is -0.445 e. The van der Waals surface area contributed by atoms with Crippen molar-refractivity contribution >= 4 is 24.4 Å². The molecule has 0 unspecified atom stereocenters. The molecule has 6 rings (SSSR count). The Bertz CT molecular complexity index is 1700. The van der Waals surface area contributed by atoms with Crippen LogP contribution in [0.4, 0.5) is 19.2 Å². The molecule has 2 heterocycles. The number of alkyl carbamates (subject to hydrolysis) is 4. The van der Waals surface area contributed by atoms with Crippen LogP contribution in [-0.2, 0) is 48.2 Å². The van der Waals surface area contributed by atoms with Gasteiger partial charge in [-0.1, -0.05) is 91.0 Å².